The number of aliphatic hydroxyl groups is 1. The van der Waals surface area contributed by atoms with Crippen molar-refractivity contribution in [1.82, 2.24) is 19.5 Å². The molecule has 0 bridgehead atoms. The molecule has 0 radical (unpaired) electrons. The van der Waals surface area contributed by atoms with E-state index in [2.05, 4.69) is 20.3 Å². The molecule has 0 aliphatic carbocycles. The molecule has 0 aromatic carbocycles. The summed E-state index contributed by atoms with van der Waals surface area (Å²) in [7, 11) is 0. The molecule has 130 valence electrons. The highest BCUT2D eigenvalue weighted by atomic mass is 16.5. The number of ether oxygens (including phenoxy) is 1. The zero-order chi connectivity index (χ0) is 17.4. The number of aliphatic hydroxyl groups excluding tert-OH is 1. The van der Waals surface area contributed by atoms with Crippen LogP contribution in [-0.2, 0) is 9.53 Å². The van der Waals surface area contributed by atoms with Crippen LogP contribution in [0.15, 0.2) is 11.1 Å². The van der Waals surface area contributed by atoms with Crippen LogP contribution < -0.4 is 16.6 Å². The molecule has 3 atom stereocenters. The molecule has 5 N–H and O–H groups in total. The third-order valence-corrected chi connectivity index (χ3v) is 3.97. The minimum absolute atomic E-state index is 0.0500. The molecule has 10 nitrogen and oxygen atoms in total. The van der Waals surface area contributed by atoms with Crippen molar-refractivity contribution in [2.75, 3.05) is 11.9 Å². The minimum Gasteiger partial charge on any atom is -0.394 e. The Morgan fingerprint density at radius 2 is 2.38 bits per heavy atom. The SMILES string of the molecule is CC(C)C(=O)Nc1nc2c(ncn2C2CC(N)C(CO)O2)c(=O)[nH]1. The number of nitrogens with zero attached hydrogens (tertiary/aromatic N) is 3. The summed E-state index contributed by atoms with van der Waals surface area (Å²) in [5, 5.41) is 11.8. The van der Waals surface area contributed by atoms with Crippen molar-refractivity contribution in [3.05, 3.63) is 16.7 Å². The van der Waals surface area contributed by atoms with Gasteiger partial charge in [-0.15, -0.1) is 0 Å². The largest absolute Gasteiger partial charge is 0.394 e. The number of carbonyl (C=O) groups excluding carboxylic acids is 1. The van der Waals surface area contributed by atoms with E-state index in [0.717, 1.165) is 0 Å². The second-order valence-corrected chi connectivity index (χ2v) is 6.09. The zero-order valence-electron chi connectivity index (χ0n) is 13.4. The normalized spacial score (nSPS) is 24.0. The number of nitrogens with two attached hydrogens (primary N) is 1. The number of H-pyrrole nitrogens is 1. The van der Waals surface area contributed by atoms with Crippen molar-refractivity contribution in [2.24, 2.45) is 11.7 Å². The summed E-state index contributed by atoms with van der Waals surface area (Å²) < 4.78 is 7.27. The molecule has 1 aliphatic rings. The van der Waals surface area contributed by atoms with E-state index in [4.69, 9.17) is 10.5 Å². The maximum atomic E-state index is 12.1. The quantitative estimate of drug-likeness (QED) is 0.578. The molecule has 0 saturated carbocycles. The Balaban J connectivity index is 1.97. The summed E-state index contributed by atoms with van der Waals surface area (Å²) in [4.78, 5) is 34.7. The molecule has 24 heavy (non-hydrogen) atoms. The number of anilines is 1. The van der Waals surface area contributed by atoms with Gasteiger partial charge in [0.05, 0.1) is 19.0 Å². The smallest absolute Gasteiger partial charge is 0.280 e. The van der Waals surface area contributed by atoms with E-state index in [-0.39, 0.29) is 41.6 Å². The van der Waals surface area contributed by atoms with Crippen LogP contribution in [0.3, 0.4) is 0 Å². The summed E-state index contributed by atoms with van der Waals surface area (Å²) in [5.41, 5.74) is 5.89. The molecular weight excluding hydrogens is 316 g/mol. The fourth-order valence-electron chi connectivity index (χ4n) is 2.56. The van der Waals surface area contributed by atoms with Crippen LogP contribution in [0.5, 0.6) is 0 Å². The highest BCUT2D eigenvalue weighted by molar-refractivity contribution is 5.91. The minimum atomic E-state index is -0.481. The van der Waals surface area contributed by atoms with Crippen molar-refractivity contribution < 1.29 is 14.6 Å². The number of fused-ring (bicyclic) bond motifs is 1. The predicted molar refractivity (Wildman–Crippen MR) is 85.2 cm³/mol. The van der Waals surface area contributed by atoms with Gasteiger partial charge in [0.25, 0.3) is 5.56 Å². The summed E-state index contributed by atoms with van der Waals surface area (Å²) in [6.07, 6.45) is 0.941. The second-order valence-electron chi connectivity index (χ2n) is 6.09. The molecule has 3 heterocycles. The van der Waals surface area contributed by atoms with Gasteiger partial charge in [0, 0.05) is 18.4 Å². The Morgan fingerprint density at radius 3 is 3.00 bits per heavy atom. The summed E-state index contributed by atoms with van der Waals surface area (Å²) in [5.74, 6) is -0.464. The Kier molecular flexibility index (Phi) is 4.35. The third kappa shape index (κ3) is 2.90. The number of carbonyl (C=O) groups is 1. The molecule has 1 aliphatic heterocycles. The molecular formula is C14H20N6O4. The fourth-order valence-corrected chi connectivity index (χ4v) is 2.56. The van der Waals surface area contributed by atoms with E-state index in [1.54, 1.807) is 18.4 Å². The van der Waals surface area contributed by atoms with Gasteiger partial charge in [-0.2, -0.15) is 4.98 Å². The van der Waals surface area contributed by atoms with E-state index >= 15 is 0 Å². The Bertz CT molecular complexity index is 813. The first-order valence-corrected chi connectivity index (χ1v) is 7.70. The lowest BCUT2D eigenvalue weighted by molar-refractivity contribution is -0.118. The monoisotopic (exact) mass is 336 g/mol. The van der Waals surface area contributed by atoms with Crippen molar-refractivity contribution in [3.8, 4) is 0 Å². The number of aromatic nitrogens is 4. The third-order valence-electron chi connectivity index (χ3n) is 3.97. The van der Waals surface area contributed by atoms with Gasteiger partial charge < -0.3 is 15.6 Å². The topological polar surface area (TPSA) is 148 Å². The van der Waals surface area contributed by atoms with Crippen LogP contribution >= 0.6 is 0 Å². The molecule has 0 spiro atoms. The number of hydrogen-bond donors (Lipinski definition) is 4. The van der Waals surface area contributed by atoms with E-state index in [0.29, 0.717) is 6.42 Å². The van der Waals surface area contributed by atoms with Crippen molar-refractivity contribution in [3.63, 3.8) is 0 Å². The van der Waals surface area contributed by atoms with Gasteiger partial charge in [-0.3, -0.25) is 24.5 Å². The number of hydrogen-bond acceptors (Lipinski definition) is 7. The summed E-state index contributed by atoms with van der Waals surface area (Å²) in [6.45, 7) is 3.28. The van der Waals surface area contributed by atoms with Crippen molar-refractivity contribution in [2.45, 2.75) is 38.6 Å². The van der Waals surface area contributed by atoms with E-state index < -0.39 is 17.9 Å². The van der Waals surface area contributed by atoms with E-state index in [1.807, 2.05) is 0 Å². The number of aromatic amines is 1. The standard InChI is InChI=1S/C14H20N6O4/c1-6(2)12(22)18-14-17-11-10(13(23)19-14)16-5-20(11)9-3-7(15)8(4-21)24-9/h5-9,21H,3-4,15H2,1-2H3,(H2,17,18,19,22,23). The number of rotatable bonds is 4. The lowest BCUT2D eigenvalue weighted by Crippen LogP contribution is -2.32. The lowest BCUT2D eigenvalue weighted by Gasteiger charge is -2.14. The molecule has 2 aromatic rings. The van der Waals surface area contributed by atoms with Crippen molar-refractivity contribution >= 4 is 23.0 Å². The van der Waals surface area contributed by atoms with Crippen LogP contribution in [0.25, 0.3) is 11.2 Å². The molecule has 10 heteroatoms. The summed E-state index contributed by atoms with van der Waals surface area (Å²) >= 11 is 0. The zero-order valence-corrected chi connectivity index (χ0v) is 13.4. The van der Waals surface area contributed by atoms with Gasteiger partial charge >= 0.3 is 0 Å². The summed E-state index contributed by atoms with van der Waals surface area (Å²) in [6, 6.07) is -0.320. The van der Waals surface area contributed by atoms with Crippen LogP contribution in [0, 0.1) is 5.92 Å². The Morgan fingerprint density at radius 1 is 1.62 bits per heavy atom. The van der Waals surface area contributed by atoms with Crippen LogP contribution in [0.2, 0.25) is 0 Å². The Hall–Kier alpha value is -2.30. The number of amides is 1. The second kappa shape index (κ2) is 6.30. The molecule has 2 aromatic heterocycles. The van der Waals surface area contributed by atoms with Gasteiger partial charge in [-0.1, -0.05) is 13.8 Å². The maximum absolute atomic E-state index is 12.1. The fraction of sp³-hybridized carbons (Fsp3) is 0.571. The van der Waals surface area contributed by atoms with E-state index in [1.165, 1.54) is 6.33 Å². The number of imidazole rings is 1. The molecule has 1 amide bonds. The van der Waals surface area contributed by atoms with Gasteiger partial charge in [0.15, 0.2) is 11.2 Å². The molecule has 1 fully saturated rings. The van der Waals surface area contributed by atoms with Crippen LogP contribution in [0.1, 0.15) is 26.5 Å². The maximum Gasteiger partial charge on any atom is 0.280 e. The van der Waals surface area contributed by atoms with Crippen molar-refractivity contribution in [1.29, 1.82) is 0 Å². The van der Waals surface area contributed by atoms with Gasteiger partial charge in [-0.25, -0.2) is 4.98 Å². The lowest BCUT2D eigenvalue weighted by atomic mass is 10.1. The van der Waals surface area contributed by atoms with Gasteiger partial charge in [-0.05, 0) is 0 Å². The molecule has 3 unspecified atom stereocenters. The molecule has 1 saturated heterocycles. The van der Waals surface area contributed by atoms with Gasteiger partial charge in [0.1, 0.15) is 6.23 Å². The van der Waals surface area contributed by atoms with Crippen LogP contribution in [-0.4, -0.2) is 49.3 Å². The highest BCUT2D eigenvalue weighted by Crippen LogP contribution is 2.29. The average molecular weight is 336 g/mol. The number of nitrogens with one attached hydrogen (secondary N) is 2. The average Bonchev–Trinajstić information content (AvgIpc) is 3.10. The predicted octanol–water partition coefficient (Wildman–Crippen LogP) is -0.679. The Labute approximate surface area is 137 Å². The first-order valence-electron chi connectivity index (χ1n) is 7.70. The highest BCUT2D eigenvalue weighted by Gasteiger charge is 2.34. The van der Waals surface area contributed by atoms with Gasteiger partial charge in [0.2, 0.25) is 11.9 Å². The first kappa shape index (κ1) is 16.6. The molecule has 3 rings (SSSR count). The van der Waals surface area contributed by atoms with E-state index in [9.17, 15) is 14.7 Å². The van der Waals surface area contributed by atoms with Crippen LogP contribution in [0.4, 0.5) is 5.95 Å². The first-order chi connectivity index (χ1) is 11.4.